The summed E-state index contributed by atoms with van der Waals surface area (Å²) < 4.78 is 14.3. The minimum Gasteiger partial charge on any atom is -0.481 e. The molecule has 0 aromatic heterocycles. The number of aliphatic carboxylic acids is 1. The number of hydrogen-bond donors (Lipinski definition) is 1. The average Bonchev–Trinajstić information content (AvgIpc) is 2.42. The molecule has 1 aromatic rings. The van der Waals surface area contributed by atoms with Gasteiger partial charge in [0, 0.05) is 0 Å². The lowest BCUT2D eigenvalue weighted by Crippen LogP contribution is -2.04. The SMILES string of the molecule is COC(=O)OCc1ccc(COCCC(=O)O)cc1. The molecule has 0 saturated heterocycles. The Hall–Kier alpha value is -2.08. The van der Waals surface area contributed by atoms with Crippen LogP contribution < -0.4 is 0 Å². The standard InChI is InChI=1S/C13H16O6/c1-17-13(16)19-9-11-4-2-10(3-5-11)8-18-7-6-12(14)15/h2-5H,6-9H2,1H3,(H,14,15). The predicted molar refractivity (Wildman–Crippen MR) is 65.5 cm³/mol. The van der Waals surface area contributed by atoms with E-state index in [0.29, 0.717) is 6.61 Å². The number of methoxy groups -OCH3 is 1. The molecule has 0 saturated carbocycles. The van der Waals surface area contributed by atoms with Crippen molar-refractivity contribution in [2.24, 2.45) is 0 Å². The van der Waals surface area contributed by atoms with Gasteiger partial charge < -0.3 is 19.3 Å². The first-order valence-electron chi connectivity index (χ1n) is 5.70. The van der Waals surface area contributed by atoms with Gasteiger partial charge in [-0.3, -0.25) is 4.79 Å². The summed E-state index contributed by atoms with van der Waals surface area (Å²) in [5.74, 6) is -0.879. The van der Waals surface area contributed by atoms with E-state index in [1.165, 1.54) is 7.11 Å². The highest BCUT2D eigenvalue weighted by atomic mass is 16.7. The van der Waals surface area contributed by atoms with Gasteiger partial charge in [0.25, 0.3) is 0 Å². The fraction of sp³-hybridized carbons (Fsp3) is 0.385. The molecule has 6 nitrogen and oxygen atoms in total. The molecule has 0 heterocycles. The van der Waals surface area contributed by atoms with Crippen molar-refractivity contribution < 1.29 is 28.9 Å². The molecule has 1 rings (SSSR count). The Kier molecular flexibility index (Phi) is 6.38. The number of carbonyl (C=O) groups excluding carboxylic acids is 1. The Balaban J connectivity index is 2.31. The van der Waals surface area contributed by atoms with Crippen LogP contribution in [0, 0.1) is 0 Å². The first-order valence-corrected chi connectivity index (χ1v) is 5.70. The molecule has 0 radical (unpaired) electrons. The van der Waals surface area contributed by atoms with E-state index in [9.17, 15) is 9.59 Å². The molecule has 0 spiro atoms. The van der Waals surface area contributed by atoms with Gasteiger partial charge in [-0.1, -0.05) is 24.3 Å². The van der Waals surface area contributed by atoms with Crippen molar-refractivity contribution in [2.75, 3.05) is 13.7 Å². The zero-order valence-corrected chi connectivity index (χ0v) is 10.6. The Labute approximate surface area is 110 Å². The molecule has 6 heteroatoms. The topological polar surface area (TPSA) is 82.1 Å². The van der Waals surface area contributed by atoms with Crippen molar-refractivity contribution in [1.82, 2.24) is 0 Å². The van der Waals surface area contributed by atoms with Gasteiger partial charge in [0.15, 0.2) is 0 Å². The van der Waals surface area contributed by atoms with Crippen LogP contribution in [0.3, 0.4) is 0 Å². The maximum atomic E-state index is 10.8. The van der Waals surface area contributed by atoms with Gasteiger partial charge in [-0.2, -0.15) is 0 Å². The summed E-state index contributed by atoms with van der Waals surface area (Å²) in [7, 11) is 1.25. The van der Waals surface area contributed by atoms with Crippen LogP contribution >= 0.6 is 0 Å². The van der Waals surface area contributed by atoms with Crippen molar-refractivity contribution in [1.29, 1.82) is 0 Å². The molecule has 1 aromatic carbocycles. The molecule has 0 fully saturated rings. The van der Waals surface area contributed by atoms with Crippen LogP contribution in [-0.4, -0.2) is 30.9 Å². The highest BCUT2D eigenvalue weighted by Crippen LogP contribution is 2.07. The Morgan fingerprint density at radius 2 is 1.68 bits per heavy atom. The Morgan fingerprint density at radius 3 is 2.21 bits per heavy atom. The van der Waals surface area contributed by atoms with E-state index in [1.54, 1.807) is 12.1 Å². The normalized spacial score (nSPS) is 9.95. The highest BCUT2D eigenvalue weighted by Gasteiger charge is 2.02. The van der Waals surface area contributed by atoms with Crippen LogP contribution in [-0.2, 0) is 32.2 Å². The molecule has 0 aliphatic heterocycles. The second-order valence-electron chi connectivity index (χ2n) is 3.76. The molecule has 0 aliphatic rings. The van der Waals surface area contributed by atoms with E-state index in [-0.39, 0.29) is 19.6 Å². The lowest BCUT2D eigenvalue weighted by atomic mass is 10.1. The monoisotopic (exact) mass is 268 g/mol. The molecular weight excluding hydrogens is 252 g/mol. The lowest BCUT2D eigenvalue weighted by molar-refractivity contribution is -0.138. The molecule has 0 unspecified atom stereocenters. The molecule has 0 atom stereocenters. The van der Waals surface area contributed by atoms with Crippen LogP contribution in [0.15, 0.2) is 24.3 Å². The van der Waals surface area contributed by atoms with Crippen molar-refractivity contribution >= 4 is 12.1 Å². The Bertz CT molecular complexity index is 412. The first-order chi connectivity index (χ1) is 9.11. The summed E-state index contributed by atoms with van der Waals surface area (Å²) in [6.45, 7) is 0.681. The van der Waals surface area contributed by atoms with Crippen molar-refractivity contribution in [3.63, 3.8) is 0 Å². The maximum Gasteiger partial charge on any atom is 0.508 e. The number of rotatable bonds is 7. The third-order valence-corrected chi connectivity index (χ3v) is 2.28. The second-order valence-corrected chi connectivity index (χ2v) is 3.76. The van der Waals surface area contributed by atoms with Crippen LogP contribution in [0.1, 0.15) is 17.5 Å². The van der Waals surface area contributed by atoms with E-state index in [2.05, 4.69) is 4.74 Å². The largest absolute Gasteiger partial charge is 0.508 e. The molecule has 0 amide bonds. The number of hydrogen-bond acceptors (Lipinski definition) is 5. The molecule has 0 bridgehead atoms. The van der Waals surface area contributed by atoms with Gasteiger partial charge in [0.2, 0.25) is 0 Å². The number of carboxylic acids is 1. The van der Waals surface area contributed by atoms with E-state index in [4.69, 9.17) is 14.6 Å². The summed E-state index contributed by atoms with van der Waals surface area (Å²) in [5.41, 5.74) is 1.76. The minimum absolute atomic E-state index is 0.00888. The van der Waals surface area contributed by atoms with Crippen LogP contribution in [0.2, 0.25) is 0 Å². The highest BCUT2D eigenvalue weighted by molar-refractivity contribution is 5.66. The van der Waals surface area contributed by atoms with E-state index in [0.717, 1.165) is 11.1 Å². The molecule has 104 valence electrons. The molecular formula is C13H16O6. The number of benzene rings is 1. The van der Waals surface area contributed by atoms with Crippen LogP contribution in [0.25, 0.3) is 0 Å². The van der Waals surface area contributed by atoms with Gasteiger partial charge in [-0.05, 0) is 11.1 Å². The summed E-state index contributed by atoms with van der Waals surface area (Å²) in [5, 5.41) is 8.44. The number of carboxylic acid groups (broad SMARTS) is 1. The zero-order chi connectivity index (χ0) is 14.1. The Morgan fingerprint density at radius 1 is 1.11 bits per heavy atom. The third kappa shape index (κ3) is 6.42. The van der Waals surface area contributed by atoms with Gasteiger partial charge in [-0.25, -0.2) is 4.79 Å². The summed E-state index contributed by atoms with van der Waals surface area (Å²) in [6.07, 6.45) is -0.730. The number of carbonyl (C=O) groups is 2. The fourth-order valence-corrected chi connectivity index (χ4v) is 1.28. The molecule has 0 aliphatic carbocycles. The lowest BCUT2D eigenvalue weighted by Gasteiger charge is -2.05. The van der Waals surface area contributed by atoms with Crippen LogP contribution in [0.4, 0.5) is 4.79 Å². The average molecular weight is 268 g/mol. The second kappa shape index (κ2) is 8.10. The van der Waals surface area contributed by atoms with E-state index >= 15 is 0 Å². The van der Waals surface area contributed by atoms with E-state index < -0.39 is 12.1 Å². The molecule has 19 heavy (non-hydrogen) atoms. The summed E-state index contributed by atoms with van der Waals surface area (Å²) in [4.78, 5) is 21.0. The van der Waals surface area contributed by atoms with E-state index in [1.807, 2.05) is 12.1 Å². The van der Waals surface area contributed by atoms with Gasteiger partial charge in [0.1, 0.15) is 6.61 Å². The summed E-state index contributed by atoms with van der Waals surface area (Å²) in [6, 6.07) is 7.27. The quantitative estimate of drug-likeness (QED) is 0.601. The summed E-state index contributed by atoms with van der Waals surface area (Å²) >= 11 is 0. The van der Waals surface area contributed by atoms with Crippen molar-refractivity contribution in [3.8, 4) is 0 Å². The predicted octanol–water partition coefficient (Wildman–Crippen LogP) is 1.96. The van der Waals surface area contributed by atoms with Crippen molar-refractivity contribution in [3.05, 3.63) is 35.4 Å². The zero-order valence-electron chi connectivity index (χ0n) is 10.6. The van der Waals surface area contributed by atoms with Gasteiger partial charge >= 0.3 is 12.1 Å². The van der Waals surface area contributed by atoms with Gasteiger partial charge in [0.05, 0.1) is 26.7 Å². The van der Waals surface area contributed by atoms with Crippen LogP contribution in [0.5, 0.6) is 0 Å². The first kappa shape index (κ1) is 15.0. The number of ether oxygens (including phenoxy) is 3. The maximum absolute atomic E-state index is 10.8. The minimum atomic E-state index is -0.879. The van der Waals surface area contributed by atoms with Crippen molar-refractivity contribution in [2.45, 2.75) is 19.6 Å². The molecule has 1 N–H and O–H groups in total. The fourth-order valence-electron chi connectivity index (χ4n) is 1.28. The third-order valence-electron chi connectivity index (χ3n) is 2.28. The smallest absolute Gasteiger partial charge is 0.481 e. The van der Waals surface area contributed by atoms with Gasteiger partial charge in [-0.15, -0.1) is 0 Å².